The number of hydrogen-bond donors (Lipinski definition) is 2. The molecular formula is C15H14N2O6. The molecule has 2 heterocycles. The van der Waals surface area contributed by atoms with Crippen LogP contribution in [-0.2, 0) is 9.59 Å². The molecule has 0 bridgehead atoms. The van der Waals surface area contributed by atoms with E-state index in [1.54, 1.807) is 6.07 Å². The fraction of sp³-hybridized carbons (Fsp3) is 0.333. The minimum atomic E-state index is -1.01. The summed E-state index contributed by atoms with van der Waals surface area (Å²) in [5, 5.41) is 11.0. The summed E-state index contributed by atoms with van der Waals surface area (Å²) in [6.07, 6.45) is 0.167. The summed E-state index contributed by atoms with van der Waals surface area (Å²) in [6.45, 7) is -0.251. The van der Waals surface area contributed by atoms with Crippen LogP contribution in [-0.4, -0.2) is 52.9 Å². The summed E-state index contributed by atoms with van der Waals surface area (Å²) in [4.78, 5) is 49.2. The Hall–Kier alpha value is -2.74. The van der Waals surface area contributed by atoms with Gasteiger partial charge in [-0.25, -0.2) is 0 Å². The van der Waals surface area contributed by atoms with E-state index in [4.69, 9.17) is 9.84 Å². The Morgan fingerprint density at radius 2 is 2.00 bits per heavy atom. The molecule has 0 saturated carbocycles. The molecule has 1 unspecified atom stereocenters. The van der Waals surface area contributed by atoms with Crippen molar-refractivity contribution in [2.75, 3.05) is 13.2 Å². The molecule has 0 aliphatic carbocycles. The molecule has 8 nitrogen and oxygen atoms in total. The summed E-state index contributed by atoms with van der Waals surface area (Å²) in [7, 11) is 0. The summed E-state index contributed by atoms with van der Waals surface area (Å²) < 4.78 is 5.29. The number of aliphatic hydroxyl groups excluding tert-OH is 1. The maximum atomic E-state index is 12.6. The zero-order chi connectivity index (χ0) is 16.6. The monoisotopic (exact) mass is 318 g/mol. The van der Waals surface area contributed by atoms with Gasteiger partial charge in [0, 0.05) is 6.42 Å². The number of imide groups is 2. The van der Waals surface area contributed by atoms with Crippen molar-refractivity contribution in [3.05, 3.63) is 29.3 Å². The Morgan fingerprint density at radius 1 is 1.22 bits per heavy atom. The number of amides is 4. The van der Waals surface area contributed by atoms with Crippen LogP contribution in [0.25, 0.3) is 0 Å². The third-order valence-electron chi connectivity index (χ3n) is 3.78. The van der Waals surface area contributed by atoms with Crippen LogP contribution in [0.2, 0.25) is 0 Å². The summed E-state index contributed by atoms with van der Waals surface area (Å²) in [5.74, 6) is -2.12. The molecule has 0 spiro atoms. The van der Waals surface area contributed by atoms with E-state index in [9.17, 15) is 19.2 Å². The van der Waals surface area contributed by atoms with E-state index < -0.39 is 29.7 Å². The smallest absolute Gasteiger partial charge is 0.266 e. The second-order valence-electron chi connectivity index (χ2n) is 5.20. The summed E-state index contributed by atoms with van der Waals surface area (Å²) >= 11 is 0. The first-order chi connectivity index (χ1) is 11.0. The second kappa shape index (κ2) is 5.81. The number of aliphatic hydroxyl groups is 1. The molecule has 1 fully saturated rings. The van der Waals surface area contributed by atoms with Crippen molar-refractivity contribution in [2.45, 2.75) is 18.9 Å². The summed E-state index contributed by atoms with van der Waals surface area (Å²) in [5.41, 5.74) is 0.228. The third kappa shape index (κ3) is 2.46. The molecule has 23 heavy (non-hydrogen) atoms. The van der Waals surface area contributed by atoms with E-state index >= 15 is 0 Å². The molecule has 1 aromatic rings. The van der Waals surface area contributed by atoms with Gasteiger partial charge < -0.3 is 9.84 Å². The van der Waals surface area contributed by atoms with Crippen molar-refractivity contribution in [3.63, 3.8) is 0 Å². The molecule has 4 amide bonds. The van der Waals surface area contributed by atoms with Gasteiger partial charge in [-0.1, -0.05) is 6.07 Å². The number of carbonyl (C=O) groups excluding carboxylic acids is 4. The lowest BCUT2D eigenvalue weighted by atomic mass is 10.0. The van der Waals surface area contributed by atoms with Crippen LogP contribution in [0.4, 0.5) is 0 Å². The zero-order valence-electron chi connectivity index (χ0n) is 12.1. The predicted molar refractivity (Wildman–Crippen MR) is 75.7 cm³/mol. The Morgan fingerprint density at radius 3 is 2.70 bits per heavy atom. The van der Waals surface area contributed by atoms with Gasteiger partial charge in [-0.15, -0.1) is 0 Å². The van der Waals surface area contributed by atoms with Crippen LogP contribution >= 0.6 is 0 Å². The highest BCUT2D eigenvalue weighted by atomic mass is 16.5. The Balaban J connectivity index is 1.94. The van der Waals surface area contributed by atoms with E-state index in [0.717, 1.165) is 4.90 Å². The van der Waals surface area contributed by atoms with E-state index in [1.807, 2.05) is 0 Å². The lowest BCUT2D eigenvalue weighted by Crippen LogP contribution is -2.54. The lowest BCUT2D eigenvalue weighted by Gasteiger charge is -2.27. The molecule has 120 valence electrons. The number of hydrogen-bond acceptors (Lipinski definition) is 6. The van der Waals surface area contributed by atoms with Crippen molar-refractivity contribution < 1.29 is 29.0 Å². The summed E-state index contributed by atoms with van der Waals surface area (Å²) in [6, 6.07) is 3.55. The Bertz CT molecular complexity index is 714. The molecule has 2 N–H and O–H groups in total. The van der Waals surface area contributed by atoms with Crippen LogP contribution in [0, 0.1) is 0 Å². The van der Waals surface area contributed by atoms with Gasteiger partial charge in [-0.05, 0) is 18.6 Å². The number of rotatable bonds is 4. The SMILES string of the molecule is O=C1CCC(N2C(=O)c3cccc(OCCO)c3C2=O)C(=O)N1. The third-order valence-corrected chi connectivity index (χ3v) is 3.78. The molecule has 1 atom stereocenters. The molecule has 0 aromatic heterocycles. The quantitative estimate of drug-likeness (QED) is 0.721. The number of nitrogens with zero attached hydrogens (tertiary/aromatic N) is 1. The molecule has 8 heteroatoms. The molecule has 2 aliphatic heterocycles. The van der Waals surface area contributed by atoms with Gasteiger partial charge in [0.25, 0.3) is 11.8 Å². The van der Waals surface area contributed by atoms with Crippen molar-refractivity contribution in [1.29, 1.82) is 0 Å². The van der Waals surface area contributed by atoms with Gasteiger partial charge in [0.05, 0.1) is 17.7 Å². The number of piperidine rings is 1. The van der Waals surface area contributed by atoms with Gasteiger partial charge in [-0.3, -0.25) is 29.4 Å². The van der Waals surface area contributed by atoms with E-state index in [2.05, 4.69) is 5.32 Å². The minimum absolute atomic E-state index is 0.0175. The number of benzene rings is 1. The molecular weight excluding hydrogens is 304 g/mol. The fourth-order valence-corrected chi connectivity index (χ4v) is 2.76. The maximum absolute atomic E-state index is 12.6. The van der Waals surface area contributed by atoms with Crippen molar-refractivity contribution >= 4 is 23.6 Å². The van der Waals surface area contributed by atoms with Crippen LogP contribution in [0.15, 0.2) is 18.2 Å². The first-order valence-corrected chi connectivity index (χ1v) is 7.13. The highest BCUT2D eigenvalue weighted by Gasteiger charge is 2.45. The normalized spacial score (nSPS) is 20.6. The number of nitrogens with one attached hydrogen (secondary N) is 1. The van der Waals surface area contributed by atoms with Crippen LogP contribution in [0.5, 0.6) is 5.75 Å². The van der Waals surface area contributed by atoms with Crippen molar-refractivity contribution in [3.8, 4) is 5.75 Å². The van der Waals surface area contributed by atoms with Gasteiger partial charge in [0.2, 0.25) is 11.8 Å². The van der Waals surface area contributed by atoms with Crippen LogP contribution in [0.1, 0.15) is 33.6 Å². The number of fused-ring (bicyclic) bond motifs is 1. The standard InChI is InChI=1S/C15H14N2O6/c18-6-7-23-10-3-1-2-8-12(10)15(22)17(14(8)21)9-4-5-11(19)16-13(9)20/h1-3,9,18H,4-7H2,(H,16,19,20). The average molecular weight is 318 g/mol. The average Bonchev–Trinajstić information content (AvgIpc) is 2.78. The first-order valence-electron chi connectivity index (χ1n) is 7.13. The van der Waals surface area contributed by atoms with E-state index in [0.29, 0.717) is 0 Å². The largest absolute Gasteiger partial charge is 0.490 e. The molecule has 3 rings (SSSR count). The van der Waals surface area contributed by atoms with Crippen molar-refractivity contribution in [2.24, 2.45) is 0 Å². The molecule has 2 aliphatic rings. The lowest BCUT2D eigenvalue weighted by molar-refractivity contribution is -0.136. The highest BCUT2D eigenvalue weighted by Crippen LogP contribution is 2.33. The van der Waals surface area contributed by atoms with Crippen molar-refractivity contribution in [1.82, 2.24) is 10.2 Å². The van der Waals surface area contributed by atoms with Crippen LogP contribution < -0.4 is 10.1 Å². The Kier molecular flexibility index (Phi) is 3.83. The number of carbonyl (C=O) groups is 4. The van der Waals surface area contributed by atoms with Gasteiger partial charge in [0.15, 0.2) is 0 Å². The highest BCUT2D eigenvalue weighted by molar-refractivity contribution is 6.24. The van der Waals surface area contributed by atoms with Gasteiger partial charge in [0.1, 0.15) is 18.4 Å². The van der Waals surface area contributed by atoms with E-state index in [1.165, 1.54) is 12.1 Å². The predicted octanol–water partition coefficient (Wildman–Crippen LogP) is -0.541. The molecule has 0 radical (unpaired) electrons. The minimum Gasteiger partial charge on any atom is -0.490 e. The Labute approximate surface area is 131 Å². The van der Waals surface area contributed by atoms with Crippen LogP contribution in [0.3, 0.4) is 0 Å². The first kappa shape index (κ1) is 15.2. The van der Waals surface area contributed by atoms with Gasteiger partial charge in [-0.2, -0.15) is 0 Å². The topological polar surface area (TPSA) is 113 Å². The maximum Gasteiger partial charge on any atom is 0.266 e. The molecule has 1 aromatic carbocycles. The fourth-order valence-electron chi connectivity index (χ4n) is 2.76. The number of ether oxygens (including phenoxy) is 1. The van der Waals surface area contributed by atoms with Gasteiger partial charge >= 0.3 is 0 Å². The molecule has 1 saturated heterocycles. The zero-order valence-corrected chi connectivity index (χ0v) is 12.1. The van der Waals surface area contributed by atoms with E-state index in [-0.39, 0.29) is 42.9 Å². The second-order valence-corrected chi connectivity index (χ2v) is 5.20.